The molecule has 23 heavy (non-hydrogen) atoms. The Morgan fingerprint density at radius 2 is 2.04 bits per heavy atom. The average molecular weight is 334 g/mol. The van der Waals surface area contributed by atoms with Gasteiger partial charge >= 0.3 is 0 Å². The molecule has 0 spiro atoms. The Morgan fingerprint density at radius 1 is 1.26 bits per heavy atom. The first-order chi connectivity index (χ1) is 11.1. The molecule has 5 nitrogen and oxygen atoms in total. The zero-order valence-electron chi connectivity index (χ0n) is 13.5. The average Bonchev–Trinajstić information content (AvgIpc) is 3.17. The van der Waals surface area contributed by atoms with Crippen molar-refractivity contribution in [3.63, 3.8) is 0 Å². The molecule has 2 aromatic rings. The first-order valence-corrected chi connectivity index (χ1v) is 8.68. The molecule has 1 fully saturated rings. The molecule has 1 unspecified atom stereocenters. The van der Waals surface area contributed by atoms with Crippen molar-refractivity contribution in [1.29, 1.82) is 0 Å². The molecule has 2 aromatic heterocycles. The zero-order valence-corrected chi connectivity index (χ0v) is 14.3. The summed E-state index contributed by atoms with van der Waals surface area (Å²) < 4.78 is 11.2. The quantitative estimate of drug-likeness (QED) is 0.913. The molecule has 6 heteroatoms. The summed E-state index contributed by atoms with van der Waals surface area (Å²) in [5, 5.41) is 3.05. The Morgan fingerprint density at radius 3 is 2.65 bits per heavy atom. The molecule has 3 heterocycles. The van der Waals surface area contributed by atoms with Crippen LogP contribution >= 0.6 is 11.3 Å². The minimum absolute atomic E-state index is 0.0235. The molecule has 3 rings (SSSR count). The van der Waals surface area contributed by atoms with Crippen LogP contribution in [0, 0.1) is 13.8 Å². The summed E-state index contributed by atoms with van der Waals surface area (Å²) >= 11 is 1.51. The Kier molecular flexibility index (Phi) is 5.15. The van der Waals surface area contributed by atoms with Crippen LogP contribution in [-0.4, -0.2) is 43.7 Å². The van der Waals surface area contributed by atoms with E-state index in [4.69, 9.17) is 9.15 Å². The van der Waals surface area contributed by atoms with Crippen molar-refractivity contribution in [3.8, 4) is 0 Å². The highest BCUT2D eigenvalue weighted by Gasteiger charge is 2.26. The van der Waals surface area contributed by atoms with E-state index in [1.165, 1.54) is 11.3 Å². The highest BCUT2D eigenvalue weighted by atomic mass is 32.1. The Bertz CT molecular complexity index is 658. The normalized spacial score (nSPS) is 17.1. The summed E-state index contributed by atoms with van der Waals surface area (Å²) in [5.41, 5.74) is 0. The second kappa shape index (κ2) is 7.29. The molecule has 0 aliphatic carbocycles. The highest BCUT2D eigenvalue weighted by Crippen LogP contribution is 2.24. The lowest BCUT2D eigenvalue weighted by Crippen LogP contribution is -2.43. The number of rotatable bonds is 5. The lowest BCUT2D eigenvalue weighted by Gasteiger charge is -2.33. The summed E-state index contributed by atoms with van der Waals surface area (Å²) in [6.45, 7) is 7.60. The fourth-order valence-corrected chi connectivity index (χ4v) is 3.55. The van der Waals surface area contributed by atoms with Crippen LogP contribution < -0.4 is 5.32 Å². The van der Waals surface area contributed by atoms with E-state index in [1.807, 2.05) is 38.1 Å². The molecule has 1 aliphatic heterocycles. The number of nitrogens with zero attached hydrogens (tertiary/aromatic N) is 1. The van der Waals surface area contributed by atoms with Gasteiger partial charge in [-0.2, -0.15) is 0 Å². The fourth-order valence-electron chi connectivity index (χ4n) is 2.76. The predicted octanol–water partition coefficient (Wildman–Crippen LogP) is 2.76. The van der Waals surface area contributed by atoms with Crippen molar-refractivity contribution in [2.45, 2.75) is 19.9 Å². The second-order valence-corrected chi connectivity index (χ2v) is 7.02. The Balaban J connectivity index is 1.69. The van der Waals surface area contributed by atoms with Crippen LogP contribution in [0.2, 0.25) is 0 Å². The maximum absolute atomic E-state index is 12.3. The molecule has 1 N–H and O–H groups in total. The largest absolute Gasteiger partial charge is 0.465 e. The van der Waals surface area contributed by atoms with E-state index in [0.717, 1.165) is 34.4 Å². The Hall–Kier alpha value is -1.63. The molecule has 1 saturated heterocycles. The van der Waals surface area contributed by atoms with E-state index in [9.17, 15) is 4.79 Å². The van der Waals surface area contributed by atoms with Crippen molar-refractivity contribution in [1.82, 2.24) is 10.2 Å². The van der Waals surface area contributed by atoms with Crippen LogP contribution in [0.3, 0.4) is 0 Å². The number of furan rings is 1. The van der Waals surface area contributed by atoms with Gasteiger partial charge in [0, 0.05) is 24.5 Å². The van der Waals surface area contributed by atoms with Gasteiger partial charge in [-0.25, -0.2) is 0 Å². The van der Waals surface area contributed by atoms with Crippen LogP contribution in [-0.2, 0) is 4.74 Å². The van der Waals surface area contributed by atoms with Crippen LogP contribution in [0.4, 0.5) is 0 Å². The SMILES string of the molecule is Cc1ccc(C(CNC(=O)c2ccc(C)s2)N2CCOCC2)o1. The molecular formula is C17H22N2O3S. The molecule has 0 saturated carbocycles. The zero-order chi connectivity index (χ0) is 16.2. The lowest BCUT2D eigenvalue weighted by molar-refractivity contribution is 0.0117. The maximum atomic E-state index is 12.3. The van der Waals surface area contributed by atoms with Crippen molar-refractivity contribution in [3.05, 3.63) is 45.5 Å². The van der Waals surface area contributed by atoms with E-state index in [2.05, 4.69) is 10.2 Å². The molecule has 124 valence electrons. The maximum Gasteiger partial charge on any atom is 0.261 e. The first-order valence-electron chi connectivity index (χ1n) is 7.86. The number of morpholine rings is 1. The van der Waals surface area contributed by atoms with Gasteiger partial charge in [-0.1, -0.05) is 0 Å². The molecule has 0 aromatic carbocycles. The number of amides is 1. The standard InChI is InChI=1S/C17H22N2O3S/c1-12-3-5-15(22-12)14(19-7-9-21-10-8-19)11-18-17(20)16-6-4-13(2)23-16/h3-6,14H,7-11H2,1-2H3,(H,18,20). The lowest BCUT2D eigenvalue weighted by atomic mass is 10.1. The molecule has 0 radical (unpaired) electrons. The number of hydrogen-bond donors (Lipinski definition) is 1. The summed E-state index contributed by atoms with van der Waals surface area (Å²) in [4.78, 5) is 16.5. The third-order valence-electron chi connectivity index (χ3n) is 4.00. The number of thiophene rings is 1. The van der Waals surface area contributed by atoms with Gasteiger partial charge in [0.15, 0.2) is 0 Å². The van der Waals surface area contributed by atoms with Gasteiger partial charge in [0.25, 0.3) is 5.91 Å². The molecule has 0 bridgehead atoms. The topological polar surface area (TPSA) is 54.7 Å². The van der Waals surface area contributed by atoms with Crippen LogP contribution in [0.25, 0.3) is 0 Å². The summed E-state index contributed by atoms with van der Waals surface area (Å²) in [7, 11) is 0. The molecule has 1 amide bonds. The number of hydrogen-bond acceptors (Lipinski definition) is 5. The summed E-state index contributed by atoms with van der Waals surface area (Å²) in [5.74, 6) is 1.76. The third-order valence-corrected chi connectivity index (χ3v) is 5.00. The highest BCUT2D eigenvalue weighted by molar-refractivity contribution is 7.13. The van der Waals surface area contributed by atoms with Gasteiger partial charge in [-0.3, -0.25) is 9.69 Å². The first kappa shape index (κ1) is 16.2. The third kappa shape index (κ3) is 4.02. The monoisotopic (exact) mass is 334 g/mol. The fraction of sp³-hybridized carbons (Fsp3) is 0.471. The van der Waals surface area contributed by atoms with Gasteiger partial charge < -0.3 is 14.5 Å². The Labute approximate surface area is 140 Å². The minimum atomic E-state index is -0.0235. The van der Waals surface area contributed by atoms with E-state index in [1.54, 1.807) is 0 Å². The second-order valence-electron chi connectivity index (χ2n) is 5.73. The van der Waals surface area contributed by atoms with E-state index >= 15 is 0 Å². The summed E-state index contributed by atoms with van der Waals surface area (Å²) in [6, 6.07) is 7.84. The van der Waals surface area contributed by atoms with Crippen LogP contribution in [0.15, 0.2) is 28.7 Å². The van der Waals surface area contributed by atoms with Crippen molar-refractivity contribution in [2.75, 3.05) is 32.8 Å². The minimum Gasteiger partial charge on any atom is -0.465 e. The molecular weight excluding hydrogens is 312 g/mol. The number of ether oxygens (including phenoxy) is 1. The van der Waals surface area contributed by atoms with E-state index in [0.29, 0.717) is 19.8 Å². The smallest absolute Gasteiger partial charge is 0.261 e. The van der Waals surface area contributed by atoms with Gasteiger partial charge in [0.2, 0.25) is 0 Å². The van der Waals surface area contributed by atoms with Crippen molar-refractivity contribution in [2.24, 2.45) is 0 Å². The van der Waals surface area contributed by atoms with Gasteiger partial charge in [0.1, 0.15) is 11.5 Å². The van der Waals surface area contributed by atoms with Crippen LogP contribution in [0.5, 0.6) is 0 Å². The predicted molar refractivity (Wildman–Crippen MR) is 90.0 cm³/mol. The van der Waals surface area contributed by atoms with Gasteiger partial charge in [-0.15, -0.1) is 11.3 Å². The van der Waals surface area contributed by atoms with Gasteiger partial charge in [-0.05, 0) is 38.1 Å². The number of nitrogens with one attached hydrogen (secondary N) is 1. The number of carbonyl (C=O) groups excluding carboxylic acids is 1. The summed E-state index contributed by atoms with van der Waals surface area (Å²) in [6.07, 6.45) is 0. The number of aryl methyl sites for hydroxylation is 2. The molecule has 1 atom stereocenters. The van der Waals surface area contributed by atoms with Crippen molar-refractivity contribution < 1.29 is 13.9 Å². The van der Waals surface area contributed by atoms with E-state index in [-0.39, 0.29) is 11.9 Å². The van der Waals surface area contributed by atoms with Crippen LogP contribution in [0.1, 0.15) is 32.1 Å². The number of carbonyl (C=O) groups is 1. The van der Waals surface area contributed by atoms with Crippen molar-refractivity contribution >= 4 is 17.2 Å². The van der Waals surface area contributed by atoms with E-state index < -0.39 is 0 Å². The van der Waals surface area contributed by atoms with Gasteiger partial charge in [0.05, 0.1) is 24.1 Å². The molecule has 1 aliphatic rings.